The molecule has 1 heterocycles. The Kier molecular flexibility index (Phi) is 4.91. The van der Waals surface area contributed by atoms with Gasteiger partial charge in [-0.15, -0.1) is 0 Å². The summed E-state index contributed by atoms with van der Waals surface area (Å²) in [7, 11) is -0.209. The van der Waals surface area contributed by atoms with Gasteiger partial charge < -0.3 is 13.9 Å². The predicted octanol–water partition coefficient (Wildman–Crippen LogP) is 4.02. The van der Waals surface area contributed by atoms with Crippen LogP contribution in [0.25, 0.3) is 0 Å². The Morgan fingerprint density at radius 2 is 2.12 bits per heavy atom. The van der Waals surface area contributed by atoms with Gasteiger partial charge in [0.15, 0.2) is 14.1 Å². The Hall–Kier alpha value is -1.11. The summed E-state index contributed by atoms with van der Waals surface area (Å²) in [5.41, 5.74) is 1.69. The van der Waals surface area contributed by atoms with Crippen molar-refractivity contribution in [3.05, 3.63) is 35.1 Å². The standard InChI is InChI=1S/C18H23BrO4Si/c1-11-8-14(20)12-9-13-15(21-2)6-5-7-16(13)22-18(12)17(11)23-24(3,4)10-19/h5-7,11,17H,8-10H2,1-4H3/t11-,17+/m1/s1. The van der Waals surface area contributed by atoms with Crippen LogP contribution in [0.1, 0.15) is 18.9 Å². The Bertz CT molecular complexity index is 698. The highest BCUT2D eigenvalue weighted by atomic mass is 79.9. The van der Waals surface area contributed by atoms with E-state index in [1.165, 1.54) is 0 Å². The molecule has 1 aliphatic heterocycles. The number of rotatable bonds is 4. The highest BCUT2D eigenvalue weighted by Gasteiger charge is 2.42. The number of fused-ring (bicyclic) bond motifs is 1. The second-order valence-corrected chi connectivity index (χ2v) is 12.8. The van der Waals surface area contributed by atoms with Gasteiger partial charge in [-0.2, -0.15) is 0 Å². The van der Waals surface area contributed by atoms with Crippen LogP contribution in [0.15, 0.2) is 29.5 Å². The van der Waals surface area contributed by atoms with Crippen LogP contribution >= 0.6 is 15.9 Å². The smallest absolute Gasteiger partial charge is 0.198 e. The maximum absolute atomic E-state index is 12.6. The molecule has 1 aliphatic carbocycles. The molecule has 0 fully saturated rings. The first-order valence-corrected chi connectivity index (χ1v) is 12.4. The number of methoxy groups -OCH3 is 1. The van der Waals surface area contributed by atoms with E-state index < -0.39 is 8.32 Å². The second-order valence-electron chi connectivity index (χ2n) is 7.09. The summed E-state index contributed by atoms with van der Waals surface area (Å²) in [6, 6.07) is 5.73. The van der Waals surface area contributed by atoms with Crippen molar-refractivity contribution in [3.8, 4) is 11.5 Å². The number of allylic oxidation sites excluding steroid dienone is 1. The molecule has 0 saturated heterocycles. The average Bonchev–Trinajstić information content (AvgIpc) is 2.56. The Labute approximate surface area is 152 Å². The summed E-state index contributed by atoms with van der Waals surface area (Å²) in [5, 5.41) is 0. The van der Waals surface area contributed by atoms with Gasteiger partial charge >= 0.3 is 0 Å². The zero-order valence-electron chi connectivity index (χ0n) is 14.5. The van der Waals surface area contributed by atoms with E-state index in [2.05, 4.69) is 35.9 Å². The van der Waals surface area contributed by atoms with E-state index in [4.69, 9.17) is 13.9 Å². The van der Waals surface area contributed by atoms with Crippen LogP contribution in [0, 0.1) is 5.92 Å². The number of ether oxygens (including phenoxy) is 2. The van der Waals surface area contributed by atoms with Crippen LogP contribution in [0.5, 0.6) is 11.5 Å². The molecule has 0 radical (unpaired) electrons. The number of hydrogen-bond donors (Lipinski definition) is 0. The predicted molar refractivity (Wildman–Crippen MR) is 99.3 cm³/mol. The van der Waals surface area contributed by atoms with Crippen molar-refractivity contribution in [3.63, 3.8) is 0 Å². The molecule has 0 amide bonds. The maximum Gasteiger partial charge on any atom is 0.198 e. The summed E-state index contributed by atoms with van der Waals surface area (Å²) < 4.78 is 18.1. The zero-order valence-corrected chi connectivity index (χ0v) is 17.1. The molecule has 0 bridgehead atoms. The first-order valence-electron chi connectivity index (χ1n) is 8.20. The Balaban J connectivity index is 2.01. The van der Waals surface area contributed by atoms with Crippen molar-refractivity contribution in [1.82, 2.24) is 0 Å². The second kappa shape index (κ2) is 6.65. The van der Waals surface area contributed by atoms with E-state index in [0.717, 1.165) is 27.6 Å². The van der Waals surface area contributed by atoms with Crippen LogP contribution in [0.4, 0.5) is 0 Å². The summed E-state index contributed by atoms with van der Waals surface area (Å²) >= 11 is 3.56. The first kappa shape index (κ1) is 17.7. The third-order valence-corrected chi connectivity index (χ3v) is 10.2. The number of halogens is 1. The number of hydrogen-bond acceptors (Lipinski definition) is 4. The highest BCUT2D eigenvalue weighted by Crippen LogP contribution is 2.42. The fourth-order valence-corrected chi connectivity index (χ4v) is 4.73. The van der Waals surface area contributed by atoms with Crippen LogP contribution in [-0.4, -0.2) is 32.3 Å². The summed E-state index contributed by atoms with van der Waals surface area (Å²) in [5.74, 6) is 2.52. The fraction of sp³-hybridized carbons (Fsp3) is 0.500. The first-order chi connectivity index (χ1) is 11.4. The quantitative estimate of drug-likeness (QED) is 0.555. The van der Waals surface area contributed by atoms with E-state index in [1.807, 2.05) is 18.2 Å². The van der Waals surface area contributed by atoms with Crippen molar-refractivity contribution >= 4 is 30.0 Å². The van der Waals surface area contributed by atoms with E-state index in [0.29, 0.717) is 18.6 Å². The number of carbonyl (C=O) groups is 1. The van der Waals surface area contributed by atoms with Crippen molar-refractivity contribution in [2.24, 2.45) is 5.92 Å². The molecule has 0 N–H and O–H groups in total. The van der Waals surface area contributed by atoms with Crippen molar-refractivity contribution in [2.75, 3.05) is 12.1 Å². The molecular formula is C18H23BrO4Si. The highest BCUT2D eigenvalue weighted by molar-refractivity contribution is 9.09. The molecule has 0 spiro atoms. The summed E-state index contributed by atoms with van der Waals surface area (Å²) in [4.78, 5) is 13.4. The number of alkyl halides is 1. The van der Waals surface area contributed by atoms with Crippen LogP contribution in [0.3, 0.4) is 0 Å². The molecule has 2 atom stereocenters. The van der Waals surface area contributed by atoms with E-state index in [-0.39, 0.29) is 17.8 Å². The molecule has 0 unspecified atom stereocenters. The van der Waals surface area contributed by atoms with Crippen LogP contribution in [0.2, 0.25) is 13.1 Å². The topological polar surface area (TPSA) is 44.8 Å². The lowest BCUT2D eigenvalue weighted by atomic mass is 9.82. The summed E-state index contributed by atoms with van der Waals surface area (Å²) in [6.45, 7) is 6.41. The molecule has 0 aromatic heterocycles. The SMILES string of the molecule is COc1cccc2c1CC1=C(O2)[C@@H](O[Si](C)(C)CBr)[C@H](C)CC1=O. The van der Waals surface area contributed by atoms with E-state index in [1.54, 1.807) is 7.11 Å². The molecule has 24 heavy (non-hydrogen) atoms. The van der Waals surface area contributed by atoms with Crippen LogP contribution < -0.4 is 9.47 Å². The normalized spacial score (nSPS) is 23.5. The Morgan fingerprint density at radius 1 is 1.38 bits per heavy atom. The van der Waals surface area contributed by atoms with Gasteiger partial charge in [-0.25, -0.2) is 0 Å². The zero-order chi connectivity index (χ0) is 17.5. The fourth-order valence-electron chi connectivity index (χ4n) is 3.24. The minimum Gasteiger partial charge on any atom is -0.496 e. The van der Waals surface area contributed by atoms with Crippen molar-refractivity contribution < 1.29 is 18.7 Å². The molecule has 2 aliphatic rings. The third-order valence-electron chi connectivity index (χ3n) is 4.57. The molecule has 130 valence electrons. The molecule has 1 aromatic carbocycles. The van der Waals surface area contributed by atoms with E-state index in [9.17, 15) is 4.79 Å². The number of carbonyl (C=O) groups excluding carboxylic acids is 1. The maximum atomic E-state index is 12.6. The van der Waals surface area contributed by atoms with Gasteiger partial charge in [0.1, 0.15) is 23.4 Å². The van der Waals surface area contributed by atoms with Gasteiger partial charge in [0.25, 0.3) is 0 Å². The molecular weight excluding hydrogens is 388 g/mol. The Morgan fingerprint density at radius 3 is 2.79 bits per heavy atom. The lowest BCUT2D eigenvalue weighted by molar-refractivity contribution is -0.118. The number of Topliss-reactive ketones (excluding diaryl/α,β-unsaturated/α-hetero) is 1. The van der Waals surface area contributed by atoms with Crippen LogP contribution in [-0.2, 0) is 15.6 Å². The number of ketones is 1. The van der Waals surface area contributed by atoms with Gasteiger partial charge in [0.2, 0.25) is 0 Å². The molecule has 1 aromatic rings. The molecule has 0 saturated carbocycles. The third kappa shape index (κ3) is 3.19. The van der Waals surface area contributed by atoms with Gasteiger partial charge in [-0.1, -0.05) is 28.9 Å². The van der Waals surface area contributed by atoms with Gasteiger partial charge in [-0.05, 0) is 31.1 Å². The average molecular weight is 411 g/mol. The minimum absolute atomic E-state index is 0.120. The minimum atomic E-state index is -1.85. The van der Waals surface area contributed by atoms with Crippen molar-refractivity contribution in [2.45, 2.75) is 39.0 Å². The largest absolute Gasteiger partial charge is 0.496 e. The van der Waals surface area contributed by atoms with Gasteiger partial charge in [-0.3, -0.25) is 4.79 Å². The molecule has 6 heteroatoms. The monoisotopic (exact) mass is 410 g/mol. The van der Waals surface area contributed by atoms with Gasteiger partial charge in [0.05, 0.1) is 7.11 Å². The number of benzene rings is 1. The molecule has 3 rings (SSSR count). The lowest BCUT2D eigenvalue weighted by Gasteiger charge is -2.39. The van der Waals surface area contributed by atoms with E-state index >= 15 is 0 Å². The lowest BCUT2D eigenvalue weighted by Crippen LogP contribution is -2.45. The van der Waals surface area contributed by atoms with Crippen molar-refractivity contribution in [1.29, 1.82) is 0 Å². The molecule has 4 nitrogen and oxygen atoms in total. The summed E-state index contributed by atoms with van der Waals surface area (Å²) in [6.07, 6.45) is 0.900. The van der Waals surface area contributed by atoms with Gasteiger partial charge in [0, 0.05) is 28.9 Å².